The van der Waals surface area contributed by atoms with Crippen molar-refractivity contribution in [1.82, 2.24) is 15.6 Å². The van der Waals surface area contributed by atoms with Gasteiger partial charge in [0.25, 0.3) is 0 Å². The minimum atomic E-state index is -0.666. The molecule has 0 bridgehead atoms. The van der Waals surface area contributed by atoms with Crippen molar-refractivity contribution in [3.05, 3.63) is 71.9 Å². The highest BCUT2D eigenvalue weighted by Crippen LogP contribution is 2.19. The normalized spacial score (nSPS) is 12.2. The number of ether oxygens (including phenoxy) is 1. The molecule has 1 atom stereocenters. The third kappa shape index (κ3) is 6.30. The summed E-state index contributed by atoms with van der Waals surface area (Å²) in [6.07, 6.45) is 1.14. The monoisotopic (exact) mass is 506 g/mol. The number of nitrogens with one attached hydrogen (secondary N) is 2. The average Bonchev–Trinajstić information content (AvgIpc) is 2.75. The number of methoxy groups -OCH3 is 1. The van der Waals surface area contributed by atoms with Gasteiger partial charge in [0, 0.05) is 24.7 Å². The van der Waals surface area contributed by atoms with Crippen molar-refractivity contribution in [2.24, 2.45) is 4.99 Å². The van der Waals surface area contributed by atoms with Crippen molar-refractivity contribution in [1.29, 1.82) is 0 Å². The van der Waals surface area contributed by atoms with E-state index in [0.717, 1.165) is 34.3 Å². The SMILES string of the molecule is CCNC(=NCc1ccnc2ccccc12)NCC(O)c1cccc(OC)c1.I. The van der Waals surface area contributed by atoms with Gasteiger partial charge in [-0.05, 0) is 42.3 Å². The van der Waals surface area contributed by atoms with E-state index in [1.807, 2.05) is 55.5 Å². The van der Waals surface area contributed by atoms with Crippen LogP contribution < -0.4 is 15.4 Å². The Balaban J connectivity index is 0.00000300. The summed E-state index contributed by atoms with van der Waals surface area (Å²) in [6, 6.07) is 17.5. The van der Waals surface area contributed by atoms with Gasteiger partial charge in [0.05, 0.1) is 25.3 Å². The molecule has 2 aromatic carbocycles. The molecule has 6 nitrogen and oxygen atoms in total. The molecule has 29 heavy (non-hydrogen) atoms. The average molecular weight is 506 g/mol. The van der Waals surface area contributed by atoms with Crippen molar-refractivity contribution in [2.45, 2.75) is 19.6 Å². The molecule has 1 aromatic heterocycles. The highest BCUT2D eigenvalue weighted by molar-refractivity contribution is 14.0. The standard InChI is InChI=1S/C22H26N4O2.HI/c1-3-23-22(26-15-21(27)16-7-6-8-18(13-16)28-2)25-14-17-11-12-24-20-10-5-4-9-19(17)20;/h4-13,21,27H,3,14-15H2,1-2H3,(H2,23,25,26);1H. The Morgan fingerprint density at radius 3 is 2.76 bits per heavy atom. The number of aliphatic hydroxyl groups excluding tert-OH is 1. The fourth-order valence-electron chi connectivity index (χ4n) is 2.96. The summed E-state index contributed by atoms with van der Waals surface area (Å²) in [6.45, 7) is 3.61. The van der Waals surface area contributed by atoms with E-state index in [1.54, 1.807) is 13.3 Å². The van der Waals surface area contributed by atoms with Crippen LogP contribution >= 0.6 is 24.0 Å². The zero-order chi connectivity index (χ0) is 19.8. The number of benzene rings is 2. The van der Waals surface area contributed by atoms with Crippen LogP contribution in [0.5, 0.6) is 5.75 Å². The van der Waals surface area contributed by atoms with Gasteiger partial charge in [-0.1, -0.05) is 30.3 Å². The van der Waals surface area contributed by atoms with E-state index < -0.39 is 6.10 Å². The zero-order valence-corrected chi connectivity index (χ0v) is 19.0. The molecule has 0 aliphatic rings. The number of guanidine groups is 1. The number of aliphatic hydroxyl groups is 1. The molecule has 0 aliphatic carbocycles. The largest absolute Gasteiger partial charge is 0.497 e. The lowest BCUT2D eigenvalue weighted by molar-refractivity contribution is 0.180. The molecule has 0 saturated carbocycles. The van der Waals surface area contributed by atoms with E-state index in [9.17, 15) is 5.11 Å². The molecule has 0 fully saturated rings. The van der Waals surface area contributed by atoms with Crippen molar-refractivity contribution < 1.29 is 9.84 Å². The number of rotatable bonds is 7. The number of pyridine rings is 1. The number of aliphatic imine (C=N–C) groups is 1. The Kier molecular flexibility index (Phi) is 9.14. The number of hydrogen-bond acceptors (Lipinski definition) is 4. The molecule has 0 radical (unpaired) electrons. The molecule has 3 aromatic rings. The maximum atomic E-state index is 10.5. The number of hydrogen-bond donors (Lipinski definition) is 3. The maximum Gasteiger partial charge on any atom is 0.191 e. The summed E-state index contributed by atoms with van der Waals surface area (Å²) in [5.41, 5.74) is 2.86. The summed E-state index contributed by atoms with van der Waals surface area (Å²) in [7, 11) is 1.61. The molecular weight excluding hydrogens is 479 g/mol. The van der Waals surface area contributed by atoms with Gasteiger partial charge in [0.1, 0.15) is 5.75 Å². The van der Waals surface area contributed by atoms with Crippen molar-refractivity contribution in [2.75, 3.05) is 20.2 Å². The molecule has 7 heteroatoms. The van der Waals surface area contributed by atoms with E-state index in [1.165, 1.54) is 0 Å². The van der Waals surface area contributed by atoms with Gasteiger partial charge in [-0.3, -0.25) is 4.98 Å². The third-order valence-corrected chi connectivity index (χ3v) is 4.43. The number of halogens is 1. The molecular formula is C22H27IN4O2. The van der Waals surface area contributed by atoms with E-state index in [0.29, 0.717) is 19.0 Å². The van der Waals surface area contributed by atoms with Crippen LogP contribution in [0.2, 0.25) is 0 Å². The van der Waals surface area contributed by atoms with Gasteiger partial charge in [0.2, 0.25) is 0 Å². The Morgan fingerprint density at radius 1 is 1.14 bits per heavy atom. The van der Waals surface area contributed by atoms with Crippen LogP contribution in [-0.2, 0) is 6.54 Å². The van der Waals surface area contributed by atoms with Crippen LogP contribution in [0.4, 0.5) is 0 Å². The molecule has 3 rings (SSSR count). The van der Waals surface area contributed by atoms with E-state index in [-0.39, 0.29) is 24.0 Å². The summed E-state index contributed by atoms with van der Waals surface area (Å²) >= 11 is 0. The topological polar surface area (TPSA) is 78.8 Å². The van der Waals surface area contributed by atoms with Gasteiger partial charge >= 0.3 is 0 Å². The quantitative estimate of drug-likeness (QED) is 0.259. The van der Waals surface area contributed by atoms with Crippen molar-refractivity contribution in [3.63, 3.8) is 0 Å². The van der Waals surface area contributed by atoms with Gasteiger partial charge in [-0.15, -0.1) is 24.0 Å². The summed E-state index contributed by atoms with van der Waals surface area (Å²) in [5, 5.41) is 18.0. The fraction of sp³-hybridized carbons (Fsp3) is 0.273. The predicted octanol–water partition coefficient (Wildman–Crippen LogP) is 3.65. The zero-order valence-electron chi connectivity index (χ0n) is 16.6. The van der Waals surface area contributed by atoms with Crippen LogP contribution in [0.3, 0.4) is 0 Å². The van der Waals surface area contributed by atoms with Crippen molar-refractivity contribution in [3.8, 4) is 5.75 Å². The second kappa shape index (κ2) is 11.6. The van der Waals surface area contributed by atoms with Crippen LogP contribution in [0.25, 0.3) is 10.9 Å². The number of aromatic nitrogens is 1. The van der Waals surface area contributed by atoms with E-state index >= 15 is 0 Å². The highest BCUT2D eigenvalue weighted by Gasteiger charge is 2.10. The van der Waals surface area contributed by atoms with Gasteiger partial charge in [-0.25, -0.2) is 4.99 Å². The van der Waals surface area contributed by atoms with Crippen LogP contribution in [0, 0.1) is 0 Å². The maximum absolute atomic E-state index is 10.5. The number of para-hydroxylation sites is 1. The predicted molar refractivity (Wildman–Crippen MR) is 128 cm³/mol. The van der Waals surface area contributed by atoms with Gasteiger partial charge in [0.15, 0.2) is 5.96 Å². The minimum Gasteiger partial charge on any atom is -0.497 e. The molecule has 1 heterocycles. The second-order valence-corrected chi connectivity index (χ2v) is 6.36. The molecule has 0 amide bonds. The molecule has 1 unspecified atom stereocenters. The second-order valence-electron chi connectivity index (χ2n) is 6.36. The highest BCUT2D eigenvalue weighted by atomic mass is 127. The Bertz CT molecular complexity index is 944. The third-order valence-electron chi connectivity index (χ3n) is 4.43. The molecule has 0 spiro atoms. The lowest BCUT2D eigenvalue weighted by Crippen LogP contribution is -2.39. The Hall–Kier alpha value is -2.39. The number of fused-ring (bicyclic) bond motifs is 1. The minimum absolute atomic E-state index is 0. The summed E-state index contributed by atoms with van der Waals surface area (Å²) < 4.78 is 5.22. The summed E-state index contributed by atoms with van der Waals surface area (Å²) in [5.74, 6) is 1.38. The van der Waals surface area contributed by atoms with Crippen LogP contribution in [0.15, 0.2) is 65.8 Å². The van der Waals surface area contributed by atoms with Crippen molar-refractivity contribution >= 4 is 40.8 Å². The van der Waals surface area contributed by atoms with Gasteiger partial charge < -0.3 is 20.5 Å². The molecule has 154 valence electrons. The molecule has 0 saturated heterocycles. The summed E-state index contributed by atoms with van der Waals surface area (Å²) in [4.78, 5) is 9.05. The number of nitrogens with zero attached hydrogens (tertiary/aromatic N) is 2. The molecule has 3 N–H and O–H groups in total. The lowest BCUT2D eigenvalue weighted by atomic mass is 10.1. The van der Waals surface area contributed by atoms with Crippen LogP contribution in [-0.4, -0.2) is 36.2 Å². The first kappa shape index (κ1) is 22.9. The Labute approximate surface area is 188 Å². The van der Waals surface area contributed by atoms with E-state index in [2.05, 4.69) is 26.7 Å². The smallest absolute Gasteiger partial charge is 0.191 e. The first-order valence-corrected chi connectivity index (χ1v) is 9.38. The molecule has 0 aliphatic heterocycles. The first-order chi connectivity index (χ1) is 13.7. The first-order valence-electron chi connectivity index (χ1n) is 9.38. The van der Waals surface area contributed by atoms with E-state index in [4.69, 9.17) is 4.74 Å². The lowest BCUT2D eigenvalue weighted by Gasteiger charge is -2.16. The van der Waals surface area contributed by atoms with Crippen LogP contribution in [0.1, 0.15) is 24.2 Å². The fourth-order valence-corrected chi connectivity index (χ4v) is 2.96. The van der Waals surface area contributed by atoms with Gasteiger partial charge in [-0.2, -0.15) is 0 Å². The Morgan fingerprint density at radius 2 is 1.97 bits per heavy atom.